The minimum absolute atomic E-state index is 0.00737. The summed E-state index contributed by atoms with van der Waals surface area (Å²) in [4.78, 5) is 48.1. The molecule has 10 heteroatoms. The van der Waals surface area contributed by atoms with Crippen LogP contribution in [0.15, 0.2) is 30.3 Å². The Balaban J connectivity index is 1.67. The molecule has 1 saturated heterocycles. The number of hydrogen-bond donors (Lipinski definition) is 1. The third-order valence-corrected chi connectivity index (χ3v) is 7.73. The molecule has 0 aliphatic carbocycles. The van der Waals surface area contributed by atoms with Gasteiger partial charge >= 0.3 is 0 Å². The SMILES string of the molecule is CSCCC(=O)N1CCCC(=O)N2CCCC[C@H]2C(=O)N[C@H](Cc2ccccc2)c2nc(C)nn2CC1. The molecule has 4 rings (SSSR count). The van der Waals surface area contributed by atoms with Gasteiger partial charge in [0.15, 0.2) is 0 Å². The third kappa shape index (κ3) is 7.12. The van der Waals surface area contributed by atoms with E-state index in [4.69, 9.17) is 4.98 Å². The molecule has 3 amide bonds. The topological polar surface area (TPSA) is 100 Å². The predicted molar refractivity (Wildman–Crippen MR) is 144 cm³/mol. The zero-order chi connectivity index (χ0) is 26.2. The molecule has 2 aromatic rings. The van der Waals surface area contributed by atoms with Gasteiger partial charge in [-0.15, -0.1) is 0 Å². The fraction of sp³-hybridized carbons (Fsp3) is 0.593. The molecule has 3 heterocycles. The second kappa shape index (κ2) is 13.1. The lowest BCUT2D eigenvalue weighted by atomic mass is 9.99. The van der Waals surface area contributed by atoms with E-state index in [1.807, 2.05) is 53.1 Å². The number of fused-ring (bicyclic) bond motifs is 2. The van der Waals surface area contributed by atoms with Crippen LogP contribution in [0.4, 0.5) is 0 Å². The Morgan fingerprint density at radius 3 is 2.68 bits per heavy atom. The molecule has 2 aliphatic rings. The van der Waals surface area contributed by atoms with Gasteiger partial charge < -0.3 is 15.1 Å². The van der Waals surface area contributed by atoms with Gasteiger partial charge in [0.05, 0.1) is 12.6 Å². The van der Waals surface area contributed by atoms with E-state index in [1.165, 1.54) is 0 Å². The molecule has 1 fully saturated rings. The van der Waals surface area contributed by atoms with Crippen molar-refractivity contribution in [2.24, 2.45) is 0 Å². The van der Waals surface area contributed by atoms with Gasteiger partial charge in [0.25, 0.3) is 0 Å². The van der Waals surface area contributed by atoms with Crippen LogP contribution in [0.3, 0.4) is 0 Å². The van der Waals surface area contributed by atoms with Crippen molar-refractivity contribution in [2.75, 3.05) is 31.6 Å². The molecule has 1 aromatic carbocycles. The maximum Gasteiger partial charge on any atom is 0.243 e. The van der Waals surface area contributed by atoms with E-state index in [1.54, 1.807) is 16.7 Å². The van der Waals surface area contributed by atoms with Crippen LogP contribution in [0.2, 0.25) is 0 Å². The summed E-state index contributed by atoms with van der Waals surface area (Å²) in [5, 5.41) is 7.87. The number of rotatable bonds is 5. The number of aromatic nitrogens is 3. The number of benzene rings is 1. The van der Waals surface area contributed by atoms with E-state index in [2.05, 4.69) is 10.4 Å². The van der Waals surface area contributed by atoms with E-state index in [-0.39, 0.29) is 17.7 Å². The molecule has 200 valence electrons. The molecular weight excluding hydrogens is 488 g/mol. The van der Waals surface area contributed by atoms with E-state index in [0.717, 1.165) is 24.2 Å². The van der Waals surface area contributed by atoms with Gasteiger partial charge in [-0.25, -0.2) is 9.67 Å². The molecule has 37 heavy (non-hydrogen) atoms. The van der Waals surface area contributed by atoms with Gasteiger partial charge in [-0.2, -0.15) is 16.9 Å². The largest absolute Gasteiger partial charge is 0.344 e. The first-order chi connectivity index (χ1) is 18.0. The first-order valence-electron chi connectivity index (χ1n) is 13.3. The van der Waals surface area contributed by atoms with Crippen LogP contribution in [0.25, 0.3) is 0 Å². The molecule has 0 unspecified atom stereocenters. The smallest absolute Gasteiger partial charge is 0.243 e. The van der Waals surface area contributed by atoms with Crippen LogP contribution < -0.4 is 5.32 Å². The number of nitrogens with zero attached hydrogens (tertiary/aromatic N) is 5. The van der Waals surface area contributed by atoms with Crippen LogP contribution in [0, 0.1) is 6.92 Å². The lowest BCUT2D eigenvalue weighted by molar-refractivity contribution is -0.143. The number of thioether (sulfide) groups is 1. The summed E-state index contributed by atoms with van der Waals surface area (Å²) < 4.78 is 1.84. The third-order valence-electron chi connectivity index (χ3n) is 7.12. The van der Waals surface area contributed by atoms with Crippen LogP contribution in [0.1, 0.15) is 61.8 Å². The van der Waals surface area contributed by atoms with Crippen LogP contribution >= 0.6 is 11.8 Å². The predicted octanol–water partition coefficient (Wildman–Crippen LogP) is 2.74. The first kappa shape index (κ1) is 27.2. The Hall–Kier alpha value is -2.88. The fourth-order valence-corrected chi connectivity index (χ4v) is 5.59. The van der Waals surface area contributed by atoms with Gasteiger partial charge in [0.2, 0.25) is 17.7 Å². The Labute approximate surface area is 223 Å². The molecule has 1 N–H and O–H groups in total. The molecule has 0 radical (unpaired) electrons. The zero-order valence-corrected chi connectivity index (χ0v) is 22.7. The maximum atomic E-state index is 13.6. The summed E-state index contributed by atoms with van der Waals surface area (Å²) in [7, 11) is 0. The van der Waals surface area contributed by atoms with Crippen LogP contribution in [0.5, 0.6) is 0 Å². The van der Waals surface area contributed by atoms with Crippen LogP contribution in [-0.2, 0) is 27.3 Å². The number of hydrogen-bond acceptors (Lipinski definition) is 6. The number of piperidine rings is 1. The minimum Gasteiger partial charge on any atom is -0.344 e. The van der Waals surface area contributed by atoms with Gasteiger partial charge in [0.1, 0.15) is 17.7 Å². The van der Waals surface area contributed by atoms with Crippen molar-refractivity contribution >= 4 is 29.5 Å². The molecule has 0 spiro atoms. The second-order valence-corrected chi connectivity index (χ2v) is 10.8. The maximum absolute atomic E-state index is 13.6. The summed E-state index contributed by atoms with van der Waals surface area (Å²) in [5.41, 5.74) is 1.08. The Morgan fingerprint density at radius 1 is 1.08 bits per heavy atom. The zero-order valence-electron chi connectivity index (χ0n) is 21.9. The van der Waals surface area contributed by atoms with Crippen molar-refractivity contribution in [2.45, 2.75) is 70.5 Å². The highest BCUT2D eigenvalue weighted by Gasteiger charge is 2.34. The number of carbonyl (C=O) groups is 3. The van der Waals surface area contributed by atoms with Gasteiger partial charge in [-0.3, -0.25) is 14.4 Å². The lowest BCUT2D eigenvalue weighted by Crippen LogP contribution is -2.53. The van der Waals surface area contributed by atoms with Crippen molar-refractivity contribution in [1.29, 1.82) is 0 Å². The van der Waals surface area contributed by atoms with Crippen molar-refractivity contribution < 1.29 is 14.4 Å². The highest BCUT2D eigenvalue weighted by Crippen LogP contribution is 2.23. The lowest BCUT2D eigenvalue weighted by Gasteiger charge is -2.36. The molecule has 2 aliphatic heterocycles. The normalized spacial score (nSPS) is 21.6. The number of amides is 3. The number of carbonyl (C=O) groups excluding carboxylic acids is 3. The highest BCUT2D eigenvalue weighted by molar-refractivity contribution is 7.98. The minimum atomic E-state index is -0.487. The van der Waals surface area contributed by atoms with E-state index in [9.17, 15) is 14.4 Å². The Morgan fingerprint density at radius 2 is 1.89 bits per heavy atom. The summed E-state index contributed by atoms with van der Waals surface area (Å²) in [6.45, 7) is 3.91. The van der Waals surface area contributed by atoms with Gasteiger partial charge in [-0.1, -0.05) is 30.3 Å². The van der Waals surface area contributed by atoms with Gasteiger partial charge in [0, 0.05) is 38.2 Å². The summed E-state index contributed by atoms with van der Waals surface area (Å²) in [6.07, 6.45) is 6.40. The number of nitrogens with one attached hydrogen (secondary N) is 1. The molecule has 0 saturated carbocycles. The molecule has 0 bridgehead atoms. The quantitative estimate of drug-likeness (QED) is 0.643. The highest BCUT2D eigenvalue weighted by atomic mass is 32.2. The monoisotopic (exact) mass is 526 g/mol. The molecular formula is C27H38N6O3S. The number of aryl methyl sites for hydroxylation is 1. The Bertz CT molecular complexity index is 1080. The molecule has 2 atom stereocenters. The second-order valence-electron chi connectivity index (χ2n) is 9.82. The average Bonchev–Trinajstić information content (AvgIpc) is 3.29. The van der Waals surface area contributed by atoms with Crippen molar-refractivity contribution in [1.82, 2.24) is 29.9 Å². The van der Waals surface area contributed by atoms with Crippen molar-refractivity contribution in [3.63, 3.8) is 0 Å². The molecule has 1 aromatic heterocycles. The van der Waals surface area contributed by atoms with E-state index >= 15 is 0 Å². The summed E-state index contributed by atoms with van der Waals surface area (Å²) >= 11 is 1.65. The van der Waals surface area contributed by atoms with E-state index in [0.29, 0.717) is 69.9 Å². The average molecular weight is 527 g/mol. The van der Waals surface area contributed by atoms with Crippen molar-refractivity contribution in [3.05, 3.63) is 47.5 Å². The van der Waals surface area contributed by atoms with Gasteiger partial charge in [-0.05, 0) is 50.8 Å². The molecule has 9 nitrogen and oxygen atoms in total. The van der Waals surface area contributed by atoms with Crippen molar-refractivity contribution in [3.8, 4) is 0 Å². The standard InChI is InChI=1S/C27H38N6O3S/c1-20-28-26-22(19-21-9-4-3-5-10-21)29-27(36)23-11-6-7-15-32(23)25(35)12-8-14-31(16-17-33(26)30-20)24(34)13-18-37-2/h3-5,9-10,22-23H,6-8,11-19H2,1-2H3,(H,29,36)/t22-,23+/m1/s1. The van der Waals surface area contributed by atoms with Crippen LogP contribution in [-0.4, -0.2) is 80.0 Å². The Kier molecular flexibility index (Phi) is 9.60. The summed E-state index contributed by atoms with van der Waals surface area (Å²) in [6, 6.07) is 9.11. The first-order valence-corrected chi connectivity index (χ1v) is 14.7. The summed E-state index contributed by atoms with van der Waals surface area (Å²) in [5.74, 6) is 2.03. The van der Waals surface area contributed by atoms with E-state index < -0.39 is 12.1 Å². The fourth-order valence-electron chi connectivity index (χ4n) is 5.21.